The first-order valence-electron chi connectivity index (χ1n) is 7.62. The molecule has 18 heavy (non-hydrogen) atoms. The summed E-state index contributed by atoms with van der Waals surface area (Å²) in [5.41, 5.74) is 0. The van der Waals surface area contributed by atoms with E-state index in [1.807, 2.05) is 11.3 Å². The van der Waals surface area contributed by atoms with Gasteiger partial charge < -0.3 is 5.32 Å². The highest BCUT2D eigenvalue weighted by molar-refractivity contribution is 7.11. The molecule has 0 bridgehead atoms. The number of rotatable bonds is 5. The average molecular weight is 265 g/mol. The molecule has 1 aromatic rings. The monoisotopic (exact) mass is 265 g/mol. The summed E-state index contributed by atoms with van der Waals surface area (Å²) >= 11 is 1.97. The predicted octanol–water partition coefficient (Wildman–Crippen LogP) is 4.76. The fourth-order valence-corrected chi connectivity index (χ4v) is 3.85. The molecule has 1 aromatic heterocycles. The first-order chi connectivity index (χ1) is 8.81. The van der Waals surface area contributed by atoms with Gasteiger partial charge in [0, 0.05) is 22.3 Å². The molecule has 1 nitrogen and oxygen atoms in total. The van der Waals surface area contributed by atoms with E-state index in [4.69, 9.17) is 0 Å². The Balaban J connectivity index is 1.76. The molecule has 1 aliphatic carbocycles. The van der Waals surface area contributed by atoms with Gasteiger partial charge in [0.1, 0.15) is 0 Å². The van der Waals surface area contributed by atoms with E-state index in [-0.39, 0.29) is 0 Å². The topological polar surface area (TPSA) is 12.0 Å². The molecule has 2 unspecified atom stereocenters. The Bertz CT molecular complexity index is 345. The lowest BCUT2D eigenvalue weighted by Gasteiger charge is -2.16. The Morgan fingerprint density at radius 2 is 1.94 bits per heavy atom. The first-order valence-corrected chi connectivity index (χ1v) is 8.44. The molecular weight excluding hydrogens is 238 g/mol. The minimum atomic E-state index is 0.758. The first kappa shape index (κ1) is 14.1. The van der Waals surface area contributed by atoms with Crippen LogP contribution in [0.5, 0.6) is 0 Å². The van der Waals surface area contributed by atoms with Gasteiger partial charge in [0.05, 0.1) is 0 Å². The van der Waals surface area contributed by atoms with E-state index in [0.717, 1.165) is 18.5 Å². The lowest BCUT2D eigenvalue weighted by Crippen LogP contribution is -2.27. The van der Waals surface area contributed by atoms with Crippen LogP contribution in [0, 0.1) is 5.92 Å². The second-order valence-electron chi connectivity index (χ2n) is 5.58. The van der Waals surface area contributed by atoms with Crippen molar-refractivity contribution in [2.45, 2.75) is 71.4 Å². The molecule has 1 N–H and O–H groups in total. The minimum absolute atomic E-state index is 0.758. The van der Waals surface area contributed by atoms with Crippen LogP contribution in [0.25, 0.3) is 0 Å². The van der Waals surface area contributed by atoms with E-state index in [0.29, 0.717) is 0 Å². The smallest absolute Gasteiger partial charge is 0.0302 e. The fourth-order valence-electron chi connectivity index (χ4n) is 2.94. The summed E-state index contributed by atoms with van der Waals surface area (Å²) in [6.07, 6.45) is 9.60. The van der Waals surface area contributed by atoms with Crippen molar-refractivity contribution in [1.82, 2.24) is 5.32 Å². The van der Waals surface area contributed by atoms with Gasteiger partial charge in [-0.25, -0.2) is 0 Å². The number of hydrogen-bond donors (Lipinski definition) is 1. The Kier molecular flexibility index (Phi) is 5.71. The zero-order chi connectivity index (χ0) is 12.8. The van der Waals surface area contributed by atoms with Crippen molar-refractivity contribution in [2.75, 3.05) is 0 Å². The lowest BCUT2D eigenvalue weighted by molar-refractivity contribution is 0.426. The summed E-state index contributed by atoms with van der Waals surface area (Å²) in [5, 5.41) is 3.77. The molecule has 102 valence electrons. The highest BCUT2D eigenvalue weighted by Crippen LogP contribution is 2.26. The maximum absolute atomic E-state index is 3.77. The van der Waals surface area contributed by atoms with Gasteiger partial charge in [0.15, 0.2) is 0 Å². The molecule has 1 saturated carbocycles. The molecule has 2 atom stereocenters. The largest absolute Gasteiger partial charge is 0.309 e. The molecule has 1 heterocycles. The summed E-state index contributed by atoms with van der Waals surface area (Å²) in [7, 11) is 0. The minimum Gasteiger partial charge on any atom is -0.309 e. The molecule has 0 saturated heterocycles. The summed E-state index contributed by atoms with van der Waals surface area (Å²) in [6, 6.07) is 5.33. The molecule has 0 radical (unpaired) electrons. The molecule has 0 spiro atoms. The molecule has 1 fully saturated rings. The average Bonchev–Trinajstić information content (AvgIpc) is 2.74. The number of thiophene rings is 1. The molecule has 0 aromatic carbocycles. The number of nitrogens with one attached hydrogen (secondary N) is 1. The molecule has 1 aliphatic rings. The van der Waals surface area contributed by atoms with Crippen LogP contribution in [-0.2, 0) is 13.0 Å². The van der Waals surface area contributed by atoms with Crippen LogP contribution in [0.1, 0.15) is 62.1 Å². The van der Waals surface area contributed by atoms with Gasteiger partial charge in [0.2, 0.25) is 0 Å². The van der Waals surface area contributed by atoms with Crippen molar-refractivity contribution < 1.29 is 0 Å². The fraction of sp³-hybridized carbons (Fsp3) is 0.750. The zero-order valence-electron chi connectivity index (χ0n) is 11.9. The molecule has 2 rings (SSSR count). The van der Waals surface area contributed by atoms with Crippen LogP contribution in [0.4, 0.5) is 0 Å². The van der Waals surface area contributed by atoms with Crippen molar-refractivity contribution in [2.24, 2.45) is 5.92 Å². The van der Waals surface area contributed by atoms with Crippen molar-refractivity contribution in [3.63, 3.8) is 0 Å². The Morgan fingerprint density at radius 3 is 2.67 bits per heavy atom. The molecule has 0 amide bonds. The van der Waals surface area contributed by atoms with E-state index in [1.165, 1.54) is 54.7 Å². The van der Waals surface area contributed by atoms with Crippen LogP contribution < -0.4 is 5.32 Å². The predicted molar refractivity (Wildman–Crippen MR) is 81.2 cm³/mol. The van der Waals surface area contributed by atoms with Gasteiger partial charge in [0.25, 0.3) is 0 Å². The quantitative estimate of drug-likeness (QED) is 0.757. The second-order valence-corrected chi connectivity index (χ2v) is 6.83. The van der Waals surface area contributed by atoms with Crippen LogP contribution in [0.3, 0.4) is 0 Å². The molecule has 2 heteroatoms. The summed E-state index contributed by atoms with van der Waals surface area (Å²) in [6.45, 7) is 5.65. The van der Waals surface area contributed by atoms with Crippen molar-refractivity contribution in [3.8, 4) is 0 Å². The third kappa shape index (κ3) is 4.10. The van der Waals surface area contributed by atoms with Gasteiger partial charge in [-0.05, 0) is 43.7 Å². The normalized spacial score (nSPS) is 25.0. The zero-order valence-corrected chi connectivity index (χ0v) is 12.7. The highest BCUT2D eigenvalue weighted by Gasteiger charge is 2.17. The maximum Gasteiger partial charge on any atom is 0.0302 e. The maximum atomic E-state index is 3.77. The van der Waals surface area contributed by atoms with E-state index in [2.05, 4.69) is 31.3 Å². The SMILES string of the molecule is CCc1ccc(CNC2CCCC(CC)CC2)s1. The second kappa shape index (κ2) is 7.30. The van der Waals surface area contributed by atoms with E-state index in [1.54, 1.807) is 0 Å². The number of hydrogen-bond acceptors (Lipinski definition) is 2. The molecular formula is C16H27NS. The lowest BCUT2D eigenvalue weighted by atomic mass is 9.98. The van der Waals surface area contributed by atoms with Gasteiger partial charge in [-0.1, -0.05) is 33.1 Å². The van der Waals surface area contributed by atoms with Crippen LogP contribution >= 0.6 is 11.3 Å². The standard InChI is InChI=1S/C16H27NS/c1-3-13-6-5-7-14(9-8-13)17-12-16-11-10-15(4-2)18-16/h10-11,13-14,17H,3-9,12H2,1-2H3. The van der Waals surface area contributed by atoms with Crippen LogP contribution in [0.2, 0.25) is 0 Å². The van der Waals surface area contributed by atoms with E-state index >= 15 is 0 Å². The third-order valence-corrected chi connectivity index (χ3v) is 5.53. The highest BCUT2D eigenvalue weighted by atomic mass is 32.1. The van der Waals surface area contributed by atoms with Crippen LogP contribution in [0.15, 0.2) is 12.1 Å². The summed E-state index contributed by atoms with van der Waals surface area (Å²) in [4.78, 5) is 3.02. The van der Waals surface area contributed by atoms with Crippen molar-refractivity contribution >= 4 is 11.3 Å². The Labute approximate surface area is 116 Å². The van der Waals surface area contributed by atoms with E-state index in [9.17, 15) is 0 Å². The van der Waals surface area contributed by atoms with Gasteiger partial charge in [-0.2, -0.15) is 0 Å². The van der Waals surface area contributed by atoms with Crippen molar-refractivity contribution in [3.05, 3.63) is 21.9 Å². The third-order valence-electron chi connectivity index (χ3n) is 4.30. The molecule has 0 aliphatic heterocycles. The summed E-state index contributed by atoms with van der Waals surface area (Å²) in [5.74, 6) is 0.991. The van der Waals surface area contributed by atoms with Gasteiger partial charge in [-0.15, -0.1) is 11.3 Å². The summed E-state index contributed by atoms with van der Waals surface area (Å²) < 4.78 is 0. The number of aryl methyl sites for hydroxylation is 1. The van der Waals surface area contributed by atoms with E-state index < -0.39 is 0 Å². The van der Waals surface area contributed by atoms with Gasteiger partial charge in [-0.3, -0.25) is 0 Å². The van der Waals surface area contributed by atoms with Crippen molar-refractivity contribution in [1.29, 1.82) is 0 Å². The van der Waals surface area contributed by atoms with Crippen LogP contribution in [-0.4, -0.2) is 6.04 Å². The van der Waals surface area contributed by atoms with Gasteiger partial charge >= 0.3 is 0 Å². The Morgan fingerprint density at radius 1 is 1.11 bits per heavy atom. The Hall–Kier alpha value is -0.340.